The number of aryl methyl sites for hydroxylation is 1. The third-order valence-corrected chi connectivity index (χ3v) is 19.0. The first kappa shape index (κ1) is 42.1. The van der Waals surface area contributed by atoms with Gasteiger partial charge in [0.05, 0.1) is 39.1 Å². The average molecular weight is 923 g/mol. The van der Waals surface area contributed by atoms with Crippen LogP contribution in [0.15, 0.2) is 261 Å². The highest BCUT2D eigenvalue weighted by molar-refractivity contribution is 7.20. The quantitative estimate of drug-likeness (QED) is 0.0823. The summed E-state index contributed by atoms with van der Waals surface area (Å²) in [4.78, 5) is 16.2. The van der Waals surface area contributed by atoms with Crippen LogP contribution in [0.2, 0.25) is 0 Å². The van der Waals surface area contributed by atoms with E-state index in [0.717, 1.165) is 83.4 Å². The molecule has 0 aliphatic carbocycles. The molecule has 0 bridgehead atoms. The largest absolute Gasteiger partial charge is 0.309 e. The summed E-state index contributed by atoms with van der Waals surface area (Å²) in [7, 11) is -2.91. The topological polar surface area (TPSA) is 43.6 Å². The van der Waals surface area contributed by atoms with Crippen LogP contribution < -0.4 is 20.7 Å². The van der Waals surface area contributed by atoms with Gasteiger partial charge in [0.2, 0.25) is 0 Å². The molecular formula is C66H46N4Si. The van der Waals surface area contributed by atoms with Crippen molar-refractivity contribution >= 4 is 72.4 Å². The van der Waals surface area contributed by atoms with Gasteiger partial charge in [-0.15, -0.1) is 0 Å². The monoisotopic (exact) mass is 922 g/mol. The first-order chi connectivity index (χ1) is 35.1. The number of para-hydroxylation sites is 3. The van der Waals surface area contributed by atoms with E-state index in [1.807, 2.05) is 24.4 Å². The van der Waals surface area contributed by atoms with Gasteiger partial charge in [0.1, 0.15) is 0 Å². The lowest BCUT2D eigenvalue weighted by Gasteiger charge is -2.35. The van der Waals surface area contributed by atoms with Crippen molar-refractivity contribution in [3.63, 3.8) is 0 Å². The van der Waals surface area contributed by atoms with Crippen molar-refractivity contribution in [2.75, 3.05) is 0 Å². The Morgan fingerprint density at radius 1 is 0.352 bits per heavy atom. The van der Waals surface area contributed by atoms with Gasteiger partial charge in [0, 0.05) is 39.0 Å². The van der Waals surface area contributed by atoms with Gasteiger partial charge in [-0.2, -0.15) is 0 Å². The Hall–Kier alpha value is -9.03. The lowest BCUT2D eigenvalue weighted by molar-refractivity contribution is 1.18. The smallest absolute Gasteiger partial charge is 0.179 e. The molecule has 0 aliphatic heterocycles. The van der Waals surface area contributed by atoms with Crippen LogP contribution in [0, 0.1) is 6.92 Å². The van der Waals surface area contributed by atoms with Gasteiger partial charge < -0.3 is 4.57 Å². The predicted molar refractivity (Wildman–Crippen MR) is 299 cm³/mol. The third kappa shape index (κ3) is 7.09. The van der Waals surface area contributed by atoms with Crippen LogP contribution >= 0.6 is 0 Å². The fraction of sp³-hybridized carbons (Fsp3) is 0.0152. The molecule has 5 heteroatoms. The molecule has 13 aromatic rings. The lowest BCUT2D eigenvalue weighted by Crippen LogP contribution is -2.74. The Morgan fingerprint density at radius 2 is 0.887 bits per heavy atom. The number of aromatic nitrogens is 4. The molecule has 0 saturated carbocycles. The number of nitrogens with zero attached hydrogens (tertiary/aromatic N) is 4. The van der Waals surface area contributed by atoms with E-state index < -0.39 is 8.07 Å². The van der Waals surface area contributed by atoms with Gasteiger partial charge in [0.15, 0.2) is 8.07 Å². The molecule has 0 spiro atoms. The summed E-state index contributed by atoms with van der Waals surface area (Å²) >= 11 is 0. The Balaban J connectivity index is 1.16. The summed E-state index contributed by atoms with van der Waals surface area (Å²) in [6.45, 7) is 2.21. The van der Waals surface area contributed by atoms with Gasteiger partial charge in [-0.1, -0.05) is 218 Å². The zero-order chi connectivity index (χ0) is 47.3. The maximum atomic E-state index is 5.82. The van der Waals surface area contributed by atoms with Crippen molar-refractivity contribution in [3.8, 4) is 50.6 Å². The van der Waals surface area contributed by atoms with E-state index in [0.29, 0.717) is 0 Å². The Morgan fingerprint density at radius 3 is 1.58 bits per heavy atom. The summed E-state index contributed by atoms with van der Waals surface area (Å²) in [6, 6.07) is 92.7. The number of rotatable bonds is 9. The molecule has 71 heavy (non-hydrogen) atoms. The van der Waals surface area contributed by atoms with Gasteiger partial charge in [0.25, 0.3) is 0 Å². The van der Waals surface area contributed by atoms with Crippen molar-refractivity contribution in [1.29, 1.82) is 0 Å². The van der Waals surface area contributed by atoms with Crippen molar-refractivity contribution < 1.29 is 0 Å². The molecule has 4 aromatic heterocycles. The standard InChI is InChI=1S/C66H46N4Si/c1-45-21-18-31-51(41-45)71(49-27-10-4-11-28-49,50-29-12-5-13-30-50)52-32-19-24-47(42-52)59-43-61(57-35-20-34-56-53-33-14-15-37-63(53)70(66(56)57)48-25-8-3-9-26-48)68-64-55(59)39-38-54-58(46-22-6-2-7-23-46)44-62(69-65(54)64)60-36-16-17-40-67-60/h2-44H,1H3. The van der Waals surface area contributed by atoms with E-state index in [2.05, 4.69) is 248 Å². The van der Waals surface area contributed by atoms with Crippen LogP contribution in [0.3, 0.4) is 0 Å². The number of benzene rings is 9. The van der Waals surface area contributed by atoms with E-state index in [4.69, 9.17) is 15.0 Å². The van der Waals surface area contributed by atoms with Gasteiger partial charge in [-0.3, -0.25) is 4.98 Å². The SMILES string of the molecule is Cc1cccc([Si](c2ccccc2)(c2ccccc2)c2cccc(-c3cc(-c4cccc5c6ccccc6n(-c6ccccc6)c45)nc4c3ccc3c(-c5ccccc5)cc(-c5ccccn5)nc34)c2)c1. The van der Waals surface area contributed by atoms with Crippen LogP contribution in [-0.2, 0) is 0 Å². The number of fused-ring (bicyclic) bond motifs is 6. The van der Waals surface area contributed by atoms with Crippen LogP contribution in [0.1, 0.15) is 5.56 Å². The number of pyridine rings is 3. The highest BCUT2D eigenvalue weighted by Crippen LogP contribution is 2.42. The van der Waals surface area contributed by atoms with Gasteiger partial charge in [-0.05, 0) is 92.4 Å². The van der Waals surface area contributed by atoms with Crippen LogP contribution in [0.5, 0.6) is 0 Å². The van der Waals surface area contributed by atoms with Crippen LogP contribution in [-0.4, -0.2) is 27.6 Å². The Bertz CT molecular complexity index is 4060. The minimum Gasteiger partial charge on any atom is -0.309 e. The zero-order valence-electron chi connectivity index (χ0n) is 39.1. The highest BCUT2D eigenvalue weighted by Gasteiger charge is 2.41. The molecule has 0 amide bonds. The van der Waals surface area contributed by atoms with Gasteiger partial charge in [-0.25, -0.2) is 9.97 Å². The average Bonchev–Trinajstić information content (AvgIpc) is 3.79. The Kier molecular flexibility index (Phi) is 10.4. The fourth-order valence-electron chi connectivity index (χ4n) is 11.1. The molecule has 0 aliphatic rings. The minimum atomic E-state index is -2.91. The first-order valence-corrected chi connectivity index (χ1v) is 26.3. The predicted octanol–water partition coefficient (Wildman–Crippen LogP) is 13.6. The zero-order valence-corrected chi connectivity index (χ0v) is 40.1. The van der Waals surface area contributed by atoms with Crippen LogP contribution in [0.4, 0.5) is 0 Å². The van der Waals surface area contributed by atoms with Crippen molar-refractivity contribution in [2.45, 2.75) is 6.92 Å². The molecular weight excluding hydrogens is 877 g/mol. The van der Waals surface area contributed by atoms with E-state index in [1.54, 1.807) is 0 Å². The van der Waals surface area contributed by atoms with E-state index in [1.165, 1.54) is 37.1 Å². The number of hydrogen-bond acceptors (Lipinski definition) is 3. The van der Waals surface area contributed by atoms with Gasteiger partial charge >= 0.3 is 0 Å². The summed E-state index contributed by atoms with van der Waals surface area (Å²) in [5, 5.41) is 9.75. The molecule has 0 N–H and O–H groups in total. The molecule has 9 aromatic carbocycles. The van der Waals surface area contributed by atoms with E-state index in [9.17, 15) is 0 Å². The maximum absolute atomic E-state index is 5.82. The summed E-state index contributed by atoms with van der Waals surface area (Å²) in [5.74, 6) is 0. The Labute approximate surface area is 413 Å². The maximum Gasteiger partial charge on any atom is 0.179 e. The van der Waals surface area contributed by atoms with Crippen molar-refractivity contribution in [3.05, 3.63) is 267 Å². The van der Waals surface area contributed by atoms with E-state index in [-0.39, 0.29) is 0 Å². The third-order valence-electron chi connectivity index (χ3n) is 14.2. The molecule has 0 unspecified atom stereocenters. The number of hydrogen-bond donors (Lipinski definition) is 0. The molecule has 0 fully saturated rings. The molecule has 0 radical (unpaired) electrons. The van der Waals surface area contributed by atoms with Crippen molar-refractivity contribution in [1.82, 2.24) is 19.5 Å². The first-order valence-electron chi connectivity index (χ1n) is 24.3. The van der Waals surface area contributed by atoms with Crippen LogP contribution in [0.25, 0.3) is 94.2 Å². The highest BCUT2D eigenvalue weighted by atomic mass is 28.3. The normalized spacial score (nSPS) is 11.7. The summed E-state index contributed by atoms with van der Waals surface area (Å²) < 4.78 is 2.40. The molecule has 0 atom stereocenters. The lowest BCUT2D eigenvalue weighted by atomic mass is 9.94. The van der Waals surface area contributed by atoms with Crippen molar-refractivity contribution in [2.24, 2.45) is 0 Å². The second-order valence-electron chi connectivity index (χ2n) is 18.4. The second kappa shape index (κ2) is 17.5. The minimum absolute atomic E-state index is 0.797. The molecule has 4 nitrogen and oxygen atoms in total. The van der Waals surface area contributed by atoms with E-state index >= 15 is 0 Å². The summed E-state index contributed by atoms with van der Waals surface area (Å²) in [5.41, 5.74) is 14.2. The second-order valence-corrected chi connectivity index (χ2v) is 22.2. The molecule has 0 saturated heterocycles. The summed E-state index contributed by atoms with van der Waals surface area (Å²) in [6.07, 6.45) is 1.84. The molecule has 13 rings (SSSR count). The molecule has 4 heterocycles. The fourth-order valence-corrected chi connectivity index (χ4v) is 16.0. The molecule has 334 valence electrons.